The Morgan fingerprint density at radius 1 is 1.47 bits per heavy atom. The van der Waals surface area contributed by atoms with E-state index in [1.165, 1.54) is 0 Å². The van der Waals surface area contributed by atoms with Crippen molar-refractivity contribution in [1.29, 1.82) is 0 Å². The van der Waals surface area contributed by atoms with Gasteiger partial charge in [-0.05, 0) is 30.7 Å². The van der Waals surface area contributed by atoms with Gasteiger partial charge < -0.3 is 10.8 Å². The SMILES string of the molecule is CCCCN(CC(N)=O)Cc1cccc(O)c1. The van der Waals surface area contributed by atoms with Gasteiger partial charge in [0, 0.05) is 6.54 Å². The molecule has 17 heavy (non-hydrogen) atoms. The molecule has 0 spiro atoms. The Labute approximate surface area is 102 Å². The van der Waals surface area contributed by atoms with Crippen LogP contribution in [0, 0.1) is 0 Å². The minimum Gasteiger partial charge on any atom is -0.508 e. The molecular formula is C13H20N2O2. The predicted molar refractivity (Wildman–Crippen MR) is 67.5 cm³/mol. The molecule has 4 nitrogen and oxygen atoms in total. The molecule has 0 aliphatic carbocycles. The van der Waals surface area contributed by atoms with Crippen LogP contribution < -0.4 is 5.73 Å². The van der Waals surface area contributed by atoms with Gasteiger partial charge in [0.25, 0.3) is 0 Å². The zero-order valence-corrected chi connectivity index (χ0v) is 10.2. The molecule has 0 aliphatic heterocycles. The molecular weight excluding hydrogens is 216 g/mol. The fourth-order valence-electron chi connectivity index (χ4n) is 1.73. The molecule has 94 valence electrons. The minimum absolute atomic E-state index is 0.247. The van der Waals surface area contributed by atoms with Crippen molar-refractivity contribution in [2.24, 2.45) is 5.73 Å². The summed E-state index contributed by atoms with van der Waals surface area (Å²) in [6, 6.07) is 7.07. The first-order chi connectivity index (χ1) is 8.11. The number of amides is 1. The zero-order chi connectivity index (χ0) is 12.7. The number of carbonyl (C=O) groups is 1. The smallest absolute Gasteiger partial charge is 0.231 e. The standard InChI is InChI=1S/C13H20N2O2/c1-2-3-7-15(10-13(14)17)9-11-5-4-6-12(16)8-11/h4-6,8,16H,2-3,7,9-10H2,1H3,(H2,14,17). The van der Waals surface area contributed by atoms with Crippen LogP contribution in [0.2, 0.25) is 0 Å². The van der Waals surface area contributed by atoms with Gasteiger partial charge in [-0.15, -0.1) is 0 Å². The summed E-state index contributed by atoms with van der Waals surface area (Å²) < 4.78 is 0. The number of carbonyl (C=O) groups excluding carboxylic acids is 1. The van der Waals surface area contributed by atoms with E-state index >= 15 is 0 Å². The molecule has 0 saturated carbocycles. The van der Waals surface area contributed by atoms with Crippen molar-refractivity contribution in [3.05, 3.63) is 29.8 Å². The lowest BCUT2D eigenvalue weighted by Gasteiger charge is -2.20. The molecule has 0 atom stereocenters. The van der Waals surface area contributed by atoms with Crippen LogP contribution in [-0.2, 0) is 11.3 Å². The third-order valence-corrected chi connectivity index (χ3v) is 2.52. The first-order valence-electron chi connectivity index (χ1n) is 5.90. The van der Waals surface area contributed by atoms with Gasteiger partial charge in [-0.25, -0.2) is 0 Å². The number of phenols is 1. The number of nitrogens with two attached hydrogens (primary N) is 1. The molecule has 4 heteroatoms. The van der Waals surface area contributed by atoms with Gasteiger partial charge >= 0.3 is 0 Å². The van der Waals surface area contributed by atoms with E-state index in [4.69, 9.17) is 5.73 Å². The molecule has 0 bridgehead atoms. The largest absolute Gasteiger partial charge is 0.508 e. The highest BCUT2D eigenvalue weighted by molar-refractivity contribution is 5.75. The Kier molecular flexibility index (Phi) is 5.49. The van der Waals surface area contributed by atoms with Crippen LogP contribution in [0.4, 0.5) is 0 Å². The highest BCUT2D eigenvalue weighted by Crippen LogP contribution is 2.13. The van der Waals surface area contributed by atoms with Crippen LogP contribution in [0.5, 0.6) is 5.75 Å². The molecule has 0 aromatic heterocycles. The van der Waals surface area contributed by atoms with Crippen molar-refractivity contribution < 1.29 is 9.90 Å². The Morgan fingerprint density at radius 3 is 2.82 bits per heavy atom. The number of benzene rings is 1. The maximum absolute atomic E-state index is 11.0. The molecule has 1 rings (SSSR count). The van der Waals surface area contributed by atoms with Gasteiger partial charge in [0.1, 0.15) is 5.75 Å². The topological polar surface area (TPSA) is 66.6 Å². The number of hydrogen-bond donors (Lipinski definition) is 2. The third kappa shape index (κ3) is 5.36. The van der Waals surface area contributed by atoms with Crippen molar-refractivity contribution in [3.63, 3.8) is 0 Å². The normalized spacial score (nSPS) is 10.7. The predicted octanol–water partition coefficient (Wildman–Crippen LogP) is 1.48. The molecule has 1 aromatic carbocycles. The maximum Gasteiger partial charge on any atom is 0.231 e. The Balaban J connectivity index is 2.61. The number of primary amides is 1. The van der Waals surface area contributed by atoms with Gasteiger partial charge in [-0.3, -0.25) is 9.69 Å². The number of nitrogens with zero attached hydrogens (tertiary/aromatic N) is 1. The van der Waals surface area contributed by atoms with Crippen LogP contribution >= 0.6 is 0 Å². The van der Waals surface area contributed by atoms with E-state index in [0.29, 0.717) is 6.54 Å². The molecule has 1 amide bonds. The van der Waals surface area contributed by atoms with E-state index in [2.05, 4.69) is 6.92 Å². The quantitative estimate of drug-likeness (QED) is 0.753. The van der Waals surface area contributed by atoms with E-state index in [1.807, 2.05) is 11.0 Å². The molecule has 0 radical (unpaired) electrons. The molecule has 0 heterocycles. The van der Waals surface area contributed by atoms with Crippen molar-refractivity contribution >= 4 is 5.91 Å². The second-order valence-corrected chi connectivity index (χ2v) is 4.20. The number of phenolic OH excluding ortho intramolecular Hbond substituents is 1. The van der Waals surface area contributed by atoms with E-state index in [9.17, 15) is 9.90 Å². The number of unbranched alkanes of at least 4 members (excludes halogenated alkanes) is 1. The summed E-state index contributed by atoms with van der Waals surface area (Å²) in [6.45, 7) is 3.85. The highest BCUT2D eigenvalue weighted by Gasteiger charge is 2.08. The van der Waals surface area contributed by atoms with Crippen LogP contribution in [-0.4, -0.2) is 29.0 Å². The zero-order valence-electron chi connectivity index (χ0n) is 10.2. The Hall–Kier alpha value is -1.55. The minimum atomic E-state index is -0.318. The van der Waals surface area contributed by atoms with Gasteiger partial charge in [-0.1, -0.05) is 25.5 Å². The molecule has 0 aliphatic rings. The van der Waals surface area contributed by atoms with Gasteiger partial charge in [0.15, 0.2) is 0 Å². The van der Waals surface area contributed by atoms with Gasteiger partial charge in [-0.2, -0.15) is 0 Å². The lowest BCUT2D eigenvalue weighted by Crippen LogP contribution is -2.34. The fraction of sp³-hybridized carbons (Fsp3) is 0.462. The summed E-state index contributed by atoms with van der Waals surface area (Å²) in [5, 5.41) is 9.37. The average Bonchev–Trinajstić information content (AvgIpc) is 2.25. The number of aromatic hydroxyl groups is 1. The van der Waals surface area contributed by atoms with Gasteiger partial charge in [0.05, 0.1) is 6.54 Å². The van der Waals surface area contributed by atoms with Crippen LogP contribution in [0.15, 0.2) is 24.3 Å². The summed E-state index contributed by atoms with van der Waals surface area (Å²) in [5.74, 6) is -0.0710. The first kappa shape index (κ1) is 13.5. The Bertz CT molecular complexity index is 366. The molecule has 0 saturated heterocycles. The van der Waals surface area contributed by atoms with Crippen molar-refractivity contribution in [2.75, 3.05) is 13.1 Å². The number of hydrogen-bond acceptors (Lipinski definition) is 3. The fourth-order valence-corrected chi connectivity index (χ4v) is 1.73. The maximum atomic E-state index is 11.0. The second-order valence-electron chi connectivity index (χ2n) is 4.20. The van der Waals surface area contributed by atoms with Crippen molar-refractivity contribution in [2.45, 2.75) is 26.3 Å². The van der Waals surface area contributed by atoms with Crippen LogP contribution in [0.1, 0.15) is 25.3 Å². The number of rotatable bonds is 7. The van der Waals surface area contributed by atoms with E-state index < -0.39 is 0 Å². The summed E-state index contributed by atoms with van der Waals surface area (Å²) in [7, 11) is 0. The summed E-state index contributed by atoms with van der Waals surface area (Å²) >= 11 is 0. The van der Waals surface area contributed by atoms with Gasteiger partial charge in [0.2, 0.25) is 5.91 Å². The van der Waals surface area contributed by atoms with E-state index in [-0.39, 0.29) is 18.2 Å². The van der Waals surface area contributed by atoms with E-state index in [1.54, 1.807) is 18.2 Å². The Morgan fingerprint density at radius 2 is 2.24 bits per heavy atom. The van der Waals surface area contributed by atoms with Crippen LogP contribution in [0.25, 0.3) is 0 Å². The lowest BCUT2D eigenvalue weighted by molar-refractivity contribution is -0.119. The van der Waals surface area contributed by atoms with Crippen molar-refractivity contribution in [3.8, 4) is 5.75 Å². The second kappa shape index (κ2) is 6.91. The average molecular weight is 236 g/mol. The molecule has 0 fully saturated rings. The summed E-state index contributed by atoms with van der Waals surface area (Å²) in [6.07, 6.45) is 2.11. The summed E-state index contributed by atoms with van der Waals surface area (Å²) in [4.78, 5) is 13.0. The molecule has 0 unspecified atom stereocenters. The lowest BCUT2D eigenvalue weighted by atomic mass is 10.2. The highest BCUT2D eigenvalue weighted by atomic mass is 16.3. The monoisotopic (exact) mass is 236 g/mol. The molecule has 1 aromatic rings. The molecule has 3 N–H and O–H groups in total. The van der Waals surface area contributed by atoms with E-state index in [0.717, 1.165) is 24.9 Å². The first-order valence-corrected chi connectivity index (χ1v) is 5.90. The third-order valence-electron chi connectivity index (χ3n) is 2.52. The summed E-state index contributed by atoms with van der Waals surface area (Å²) in [5.41, 5.74) is 6.21. The van der Waals surface area contributed by atoms with Crippen LogP contribution in [0.3, 0.4) is 0 Å². The van der Waals surface area contributed by atoms with Crippen molar-refractivity contribution in [1.82, 2.24) is 4.90 Å².